The number of nitriles is 1. The van der Waals surface area contributed by atoms with Crippen molar-refractivity contribution in [3.63, 3.8) is 0 Å². The van der Waals surface area contributed by atoms with Crippen molar-refractivity contribution in [2.24, 2.45) is 0 Å². The molecule has 2 aromatic carbocycles. The van der Waals surface area contributed by atoms with Gasteiger partial charge in [-0.05, 0) is 30.2 Å². The number of ether oxygens (including phenoxy) is 2. The molecular weight excluding hydrogens is 250 g/mol. The summed E-state index contributed by atoms with van der Waals surface area (Å²) in [5.74, 6) is 0.805. The summed E-state index contributed by atoms with van der Waals surface area (Å²) in [4.78, 5) is 0. The standard InChI is InChI=1S/C17H17NO2/c1-19-11-10-14-6-8-17(9-7-14)20-13-16-5-3-2-4-15(16)12-18/h2-9H,10-11,13H2,1H3. The van der Waals surface area contributed by atoms with Crippen LogP contribution in [0.2, 0.25) is 0 Å². The molecule has 0 saturated heterocycles. The Morgan fingerprint density at radius 1 is 1.05 bits per heavy atom. The molecule has 0 aliphatic heterocycles. The molecule has 0 amide bonds. The van der Waals surface area contributed by atoms with Crippen LogP contribution in [-0.4, -0.2) is 13.7 Å². The molecule has 0 spiro atoms. The minimum atomic E-state index is 0.404. The van der Waals surface area contributed by atoms with Crippen molar-refractivity contribution in [1.82, 2.24) is 0 Å². The Morgan fingerprint density at radius 2 is 1.80 bits per heavy atom. The number of hydrogen-bond donors (Lipinski definition) is 0. The Hall–Kier alpha value is -2.31. The summed E-state index contributed by atoms with van der Waals surface area (Å²) in [7, 11) is 1.70. The summed E-state index contributed by atoms with van der Waals surface area (Å²) in [5.41, 5.74) is 2.78. The van der Waals surface area contributed by atoms with Gasteiger partial charge in [0.1, 0.15) is 12.4 Å². The maximum Gasteiger partial charge on any atom is 0.119 e. The molecular formula is C17H17NO2. The predicted molar refractivity (Wildman–Crippen MR) is 77.5 cm³/mol. The van der Waals surface area contributed by atoms with E-state index < -0.39 is 0 Å². The molecule has 0 saturated carbocycles. The molecule has 0 aliphatic carbocycles. The fraction of sp³-hybridized carbons (Fsp3) is 0.235. The summed E-state index contributed by atoms with van der Waals surface area (Å²) >= 11 is 0. The number of methoxy groups -OCH3 is 1. The van der Waals surface area contributed by atoms with Crippen molar-refractivity contribution in [3.8, 4) is 11.8 Å². The first-order valence-electron chi connectivity index (χ1n) is 6.52. The zero-order valence-electron chi connectivity index (χ0n) is 11.5. The average Bonchev–Trinajstić information content (AvgIpc) is 2.52. The second kappa shape index (κ2) is 7.32. The van der Waals surface area contributed by atoms with Gasteiger partial charge < -0.3 is 9.47 Å². The van der Waals surface area contributed by atoms with Gasteiger partial charge in [-0.1, -0.05) is 30.3 Å². The maximum absolute atomic E-state index is 9.02. The van der Waals surface area contributed by atoms with E-state index in [2.05, 4.69) is 6.07 Å². The monoisotopic (exact) mass is 267 g/mol. The molecule has 0 heterocycles. The predicted octanol–water partition coefficient (Wildman–Crippen LogP) is 3.33. The van der Waals surface area contributed by atoms with Gasteiger partial charge in [-0.3, -0.25) is 0 Å². The van der Waals surface area contributed by atoms with E-state index in [1.54, 1.807) is 13.2 Å². The first-order chi connectivity index (χ1) is 9.83. The zero-order chi connectivity index (χ0) is 14.2. The molecule has 0 N–H and O–H groups in total. The highest BCUT2D eigenvalue weighted by Crippen LogP contribution is 2.16. The van der Waals surface area contributed by atoms with Gasteiger partial charge in [0.05, 0.1) is 18.2 Å². The third kappa shape index (κ3) is 3.84. The lowest BCUT2D eigenvalue weighted by Gasteiger charge is -2.08. The Bertz CT molecular complexity index is 585. The van der Waals surface area contributed by atoms with E-state index in [1.807, 2.05) is 42.5 Å². The lowest BCUT2D eigenvalue weighted by Crippen LogP contribution is -1.99. The molecule has 102 valence electrons. The SMILES string of the molecule is COCCc1ccc(OCc2ccccc2C#N)cc1. The molecule has 0 unspecified atom stereocenters. The maximum atomic E-state index is 9.02. The Kier molecular flexibility index (Phi) is 5.16. The van der Waals surface area contributed by atoms with Crippen LogP contribution in [0.3, 0.4) is 0 Å². The van der Waals surface area contributed by atoms with Gasteiger partial charge in [-0.2, -0.15) is 5.26 Å². The molecule has 3 heteroatoms. The first kappa shape index (κ1) is 14.1. The fourth-order valence-corrected chi connectivity index (χ4v) is 1.89. The highest BCUT2D eigenvalue weighted by Gasteiger charge is 2.02. The number of hydrogen-bond acceptors (Lipinski definition) is 3. The quantitative estimate of drug-likeness (QED) is 0.806. The highest BCUT2D eigenvalue weighted by atomic mass is 16.5. The van der Waals surface area contributed by atoms with Crippen LogP contribution in [0.4, 0.5) is 0 Å². The molecule has 2 aromatic rings. The molecule has 2 rings (SSSR count). The Morgan fingerprint density at radius 3 is 2.50 bits per heavy atom. The third-order valence-electron chi connectivity index (χ3n) is 3.05. The highest BCUT2D eigenvalue weighted by molar-refractivity contribution is 5.37. The van der Waals surface area contributed by atoms with Gasteiger partial charge in [0, 0.05) is 12.7 Å². The van der Waals surface area contributed by atoms with Crippen LogP contribution in [-0.2, 0) is 17.8 Å². The van der Waals surface area contributed by atoms with E-state index in [1.165, 1.54) is 5.56 Å². The molecule has 0 fully saturated rings. The smallest absolute Gasteiger partial charge is 0.119 e. The molecule has 0 atom stereocenters. The summed E-state index contributed by atoms with van der Waals surface area (Å²) in [6, 6.07) is 17.6. The minimum Gasteiger partial charge on any atom is -0.489 e. The van der Waals surface area contributed by atoms with Crippen LogP contribution in [0.25, 0.3) is 0 Å². The van der Waals surface area contributed by atoms with E-state index in [9.17, 15) is 0 Å². The second-order valence-electron chi connectivity index (χ2n) is 4.44. The largest absolute Gasteiger partial charge is 0.489 e. The van der Waals surface area contributed by atoms with E-state index in [0.29, 0.717) is 12.2 Å². The van der Waals surface area contributed by atoms with E-state index in [0.717, 1.165) is 24.3 Å². The van der Waals surface area contributed by atoms with Crippen LogP contribution in [0.1, 0.15) is 16.7 Å². The van der Waals surface area contributed by atoms with Crippen LogP contribution >= 0.6 is 0 Å². The van der Waals surface area contributed by atoms with Gasteiger partial charge in [0.2, 0.25) is 0 Å². The molecule has 0 bridgehead atoms. The van der Waals surface area contributed by atoms with Crippen molar-refractivity contribution in [2.75, 3.05) is 13.7 Å². The number of rotatable bonds is 6. The fourth-order valence-electron chi connectivity index (χ4n) is 1.89. The summed E-state index contributed by atoms with van der Waals surface area (Å²) < 4.78 is 10.8. The summed E-state index contributed by atoms with van der Waals surface area (Å²) in [6.07, 6.45) is 0.897. The van der Waals surface area contributed by atoms with Gasteiger partial charge in [-0.15, -0.1) is 0 Å². The van der Waals surface area contributed by atoms with Crippen molar-refractivity contribution < 1.29 is 9.47 Å². The number of nitrogens with zero attached hydrogens (tertiary/aromatic N) is 1. The molecule has 0 radical (unpaired) electrons. The Balaban J connectivity index is 1.95. The molecule has 20 heavy (non-hydrogen) atoms. The van der Waals surface area contributed by atoms with Crippen molar-refractivity contribution >= 4 is 0 Å². The van der Waals surface area contributed by atoms with Crippen LogP contribution in [0.5, 0.6) is 5.75 Å². The van der Waals surface area contributed by atoms with E-state index >= 15 is 0 Å². The van der Waals surface area contributed by atoms with Crippen molar-refractivity contribution in [3.05, 3.63) is 65.2 Å². The van der Waals surface area contributed by atoms with Crippen molar-refractivity contribution in [1.29, 1.82) is 5.26 Å². The lowest BCUT2D eigenvalue weighted by atomic mass is 10.1. The molecule has 3 nitrogen and oxygen atoms in total. The van der Waals surface area contributed by atoms with Gasteiger partial charge in [0.15, 0.2) is 0 Å². The average molecular weight is 267 g/mol. The van der Waals surface area contributed by atoms with E-state index in [-0.39, 0.29) is 0 Å². The summed E-state index contributed by atoms with van der Waals surface area (Å²) in [6.45, 7) is 1.12. The first-order valence-corrected chi connectivity index (χ1v) is 6.52. The minimum absolute atomic E-state index is 0.404. The van der Waals surface area contributed by atoms with Crippen LogP contribution < -0.4 is 4.74 Å². The topological polar surface area (TPSA) is 42.2 Å². The van der Waals surface area contributed by atoms with Crippen LogP contribution in [0.15, 0.2) is 48.5 Å². The van der Waals surface area contributed by atoms with Gasteiger partial charge >= 0.3 is 0 Å². The van der Waals surface area contributed by atoms with E-state index in [4.69, 9.17) is 14.7 Å². The van der Waals surface area contributed by atoms with Gasteiger partial charge in [0.25, 0.3) is 0 Å². The summed E-state index contributed by atoms with van der Waals surface area (Å²) in [5, 5.41) is 9.02. The molecule has 0 aliphatic rings. The van der Waals surface area contributed by atoms with Crippen LogP contribution in [0, 0.1) is 11.3 Å². The molecule has 0 aromatic heterocycles. The second-order valence-corrected chi connectivity index (χ2v) is 4.44. The van der Waals surface area contributed by atoms with Crippen molar-refractivity contribution in [2.45, 2.75) is 13.0 Å². The van der Waals surface area contributed by atoms with Gasteiger partial charge in [-0.25, -0.2) is 0 Å². The Labute approximate surface area is 119 Å². The lowest BCUT2D eigenvalue weighted by molar-refractivity contribution is 0.202. The third-order valence-corrected chi connectivity index (χ3v) is 3.05. The normalized spacial score (nSPS) is 10.0. The zero-order valence-corrected chi connectivity index (χ0v) is 11.5. The number of benzene rings is 2.